The number of rotatable bonds is 4. The van der Waals surface area contributed by atoms with Crippen LogP contribution in [0.15, 0.2) is 121 Å². The Morgan fingerprint density at radius 1 is 0.370 bits per heavy atom. The van der Waals surface area contributed by atoms with E-state index in [2.05, 4.69) is 127 Å². The fourth-order valence-electron chi connectivity index (χ4n) is 4.12. The largest absolute Gasteiger partial charge is 0.222 e. The summed E-state index contributed by atoms with van der Waals surface area (Å²) in [7, 11) is 0. The normalized spacial score (nSPS) is 10.6. The van der Waals surface area contributed by atoms with Crippen molar-refractivity contribution in [2.24, 2.45) is 0 Å². The van der Waals surface area contributed by atoms with Crippen LogP contribution in [0.4, 0.5) is 0 Å². The molecule has 4 aromatic carbocycles. The van der Waals surface area contributed by atoms with Gasteiger partial charge in [-0.3, -0.25) is 0 Å². The highest BCUT2D eigenvalue weighted by molar-refractivity contribution is 7.19. The highest BCUT2D eigenvalue weighted by Gasteiger charge is 2.30. The monoisotopic (exact) mass is 353 g/mol. The molecule has 0 aromatic heterocycles. The van der Waals surface area contributed by atoms with Gasteiger partial charge in [0.2, 0.25) is 0 Å². The van der Waals surface area contributed by atoms with Crippen molar-refractivity contribution >= 4 is 28.0 Å². The minimum absolute atomic E-state index is 1.22. The summed E-state index contributed by atoms with van der Waals surface area (Å²) in [5, 5.41) is 6.75. The van der Waals surface area contributed by atoms with E-state index in [1.54, 1.807) is 0 Å². The molecule has 0 aliphatic rings. The molecule has 0 amide bonds. The lowest BCUT2D eigenvalue weighted by atomic mass is 9.13. The summed E-state index contributed by atoms with van der Waals surface area (Å²) in [6.45, 7) is 0. The second-order valence-corrected chi connectivity index (χ2v) is 6.51. The minimum Gasteiger partial charge on any atom is -0.222 e. The van der Waals surface area contributed by atoms with Crippen LogP contribution in [0.3, 0.4) is 0 Å². The van der Waals surface area contributed by atoms with Crippen molar-refractivity contribution in [3.8, 4) is 0 Å². The van der Waals surface area contributed by atoms with Gasteiger partial charge in [0.05, 0.1) is 0 Å². The van der Waals surface area contributed by atoms with Gasteiger partial charge in [0, 0.05) is 0 Å². The van der Waals surface area contributed by atoms with E-state index in [-0.39, 0.29) is 0 Å². The molecule has 0 bridgehead atoms. The summed E-state index contributed by atoms with van der Waals surface area (Å²) < 4.78 is 0. The Labute approximate surface area is 160 Å². The predicted molar refractivity (Wildman–Crippen MR) is 115 cm³/mol. The summed E-state index contributed by atoms with van der Waals surface area (Å²) in [6, 6.07) is 43.5. The van der Waals surface area contributed by atoms with Crippen LogP contribution >= 0.6 is 0 Å². The first-order valence-electron chi connectivity index (χ1n) is 9.11. The number of hydrogen-bond acceptors (Lipinski definition) is 1. The molecule has 0 radical (unpaired) electrons. The van der Waals surface area contributed by atoms with Crippen molar-refractivity contribution in [2.45, 2.75) is 0 Å². The zero-order valence-corrected chi connectivity index (χ0v) is 15.3. The summed E-state index contributed by atoms with van der Waals surface area (Å²) in [6.07, 6.45) is -1.22. The Kier molecular flexibility index (Phi) is 6.21. The van der Waals surface area contributed by atoms with Crippen LogP contribution in [0.2, 0.25) is 0 Å². The molecule has 0 atom stereocenters. The van der Waals surface area contributed by atoms with Crippen LogP contribution in [-0.4, -0.2) is 11.4 Å². The topological polar surface area (TPSA) is 47.9 Å². The molecule has 0 aliphatic heterocycles. The first-order valence-corrected chi connectivity index (χ1v) is 9.11. The van der Waals surface area contributed by atoms with Crippen LogP contribution < -0.4 is 27.7 Å². The molecule has 0 fully saturated rings. The molecular weight excluding hydrogens is 329 g/mol. The molecule has 134 valence electrons. The van der Waals surface area contributed by atoms with Crippen molar-refractivity contribution in [1.29, 1.82) is 0 Å². The maximum atomic E-state index is 6.75. The molecule has 0 saturated heterocycles. The van der Waals surface area contributed by atoms with Crippen molar-refractivity contribution in [2.75, 3.05) is 0 Å². The third-order valence-electron chi connectivity index (χ3n) is 5.20. The van der Waals surface area contributed by atoms with E-state index in [1.165, 1.54) is 21.9 Å². The van der Waals surface area contributed by atoms with E-state index in [1.807, 2.05) is 0 Å². The number of benzene rings is 4. The lowest BCUT2D eigenvalue weighted by Crippen LogP contribution is -2.74. The van der Waals surface area contributed by atoms with Gasteiger partial charge < -0.3 is 0 Å². The Morgan fingerprint density at radius 2 is 0.556 bits per heavy atom. The van der Waals surface area contributed by atoms with Gasteiger partial charge in [-0.2, -0.15) is 21.9 Å². The molecule has 0 unspecified atom stereocenters. The average molecular weight is 353 g/mol. The zero-order chi connectivity index (χ0) is 19.0. The van der Waals surface area contributed by atoms with Gasteiger partial charge in [-0.25, -0.2) is 11.1 Å². The van der Waals surface area contributed by atoms with Crippen molar-refractivity contribution in [3.05, 3.63) is 121 Å². The summed E-state index contributed by atoms with van der Waals surface area (Å²) in [5.74, 6) is 2.25. The van der Waals surface area contributed by atoms with Crippen LogP contribution in [0, 0.1) is 0 Å². The van der Waals surface area contributed by atoms with Gasteiger partial charge in [-0.1, -0.05) is 121 Å². The van der Waals surface area contributed by atoms with Crippen LogP contribution in [-0.2, 0) is 0 Å². The van der Waals surface area contributed by atoms with Gasteiger partial charge >= 0.3 is 0 Å². The molecule has 4 rings (SSSR count). The quantitative estimate of drug-likeness (QED) is 0.426. The molecule has 0 spiro atoms. The molecule has 0 saturated carbocycles. The summed E-state index contributed by atoms with van der Waals surface area (Å²) >= 11 is 0. The SMILES string of the molecule is [NH3+]O.c1ccc([B-](c2ccccc2)(c2ccccc2)c2ccccc2)cc1. The molecule has 4 aromatic rings. The Balaban J connectivity index is 0.00000102. The third kappa shape index (κ3) is 3.56. The number of quaternary nitrogens is 1. The van der Waals surface area contributed by atoms with Gasteiger partial charge in [0.25, 0.3) is 0 Å². The molecule has 27 heavy (non-hydrogen) atoms. The maximum absolute atomic E-state index is 6.75. The fourth-order valence-corrected chi connectivity index (χ4v) is 4.12. The highest BCUT2D eigenvalue weighted by Crippen LogP contribution is 2.09. The van der Waals surface area contributed by atoms with Gasteiger partial charge in [-0.15, -0.1) is 0 Å². The van der Waals surface area contributed by atoms with E-state index in [0.717, 1.165) is 0 Å². The standard InChI is InChI=1S/C24H20B.H4NO/c1-5-13-21(14-6-1)25(22-15-7-2-8-16-22,23-17-9-3-10-18-23)24-19-11-4-12-20-24;1-2/h1-20H;2H,1H3/q-1;+1. The molecule has 3 heteroatoms. The maximum Gasteiger partial charge on any atom is 0.108 e. The van der Waals surface area contributed by atoms with E-state index >= 15 is 0 Å². The minimum atomic E-state index is -1.22. The van der Waals surface area contributed by atoms with E-state index < -0.39 is 6.15 Å². The first kappa shape index (κ1) is 18.6. The second kappa shape index (κ2) is 8.99. The Morgan fingerprint density at radius 3 is 0.741 bits per heavy atom. The molecule has 0 aliphatic carbocycles. The highest BCUT2D eigenvalue weighted by atomic mass is 16.4. The van der Waals surface area contributed by atoms with Crippen molar-refractivity contribution in [1.82, 2.24) is 0 Å². The number of hydrogen-bond donors (Lipinski definition) is 2. The molecular formula is C24H24BNO. The van der Waals surface area contributed by atoms with E-state index in [4.69, 9.17) is 5.21 Å². The Bertz CT molecular complexity index is 765. The van der Waals surface area contributed by atoms with Crippen LogP contribution in [0.1, 0.15) is 0 Å². The lowest BCUT2D eigenvalue weighted by Gasteiger charge is -2.44. The summed E-state index contributed by atoms with van der Waals surface area (Å²) in [5.41, 5.74) is 5.36. The van der Waals surface area contributed by atoms with Gasteiger partial charge in [0.1, 0.15) is 6.15 Å². The fraction of sp³-hybridized carbons (Fsp3) is 0. The lowest BCUT2D eigenvalue weighted by molar-refractivity contribution is -0.670. The molecule has 2 nitrogen and oxygen atoms in total. The first-order chi connectivity index (χ1) is 13.4. The van der Waals surface area contributed by atoms with Crippen LogP contribution in [0.25, 0.3) is 0 Å². The Hall–Kier alpha value is -3.14. The van der Waals surface area contributed by atoms with Crippen molar-refractivity contribution < 1.29 is 11.1 Å². The zero-order valence-electron chi connectivity index (χ0n) is 15.3. The van der Waals surface area contributed by atoms with Gasteiger partial charge in [-0.05, 0) is 0 Å². The van der Waals surface area contributed by atoms with Crippen molar-refractivity contribution in [3.63, 3.8) is 0 Å². The summed E-state index contributed by atoms with van der Waals surface area (Å²) in [4.78, 5) is 0. The van der Waals surface area contributed by atoms with E-state index in [9.17, 15) is 0 Å². The second-order valence-electron chi connectivity index (χ2n) is 6.51. The van der Waals surface area contributed by atoms with E-state index in [0.29, 0.717) is 0 Å². The average Bonchev–Trinajstić information content (AvgIpc) is 2.79. The molecule has 4 N–H and O–H groups in total. The predicted octanol–water partition coefficient (Wildman–Crippen LogP) is 1.68. The third-order valence-corrected chi connectivity index (χ3v) is 5.20. The smallest absolute Gasteiger partial charge is 0.108 e. The molecule has 0 heterocycles. The van der Waals surface area contributed by atoms with Gasteiger partial charge in [0.15, 0.2) is 0 Å². The van der Waals surface area contributed by atoms with Crippen LogP contribution in [0.5, 0.6) is 0 Å².